The Morgan fingerprint density at radius 1 is 1.04 bits per heavy atom. The minimum Gasteiger partial charge on any atom is -0.435 e. The Morgan fingerprint density at radius 3 is 2.11 bits per heavy atom. The van der Waals surface area contributed by atoms with Crippen molar-refractivity contribution in [3.05, 3.63) is 47.9 Å². The molecule has 0 aliphatic rings. The van der Waals surface area contributed by atoms with Gasteiger partial charge >= 0.3 is 5.97 Å². The van der Waals surface area contributed by atoms with E-state index in [1.807, 2.05) is 6.92 Å². The van der Waals surface area contributed by atoms with Crippen LogP contribution in [0.1, 0.15) is 61.0 Å². The maximum absolute atomic E-state index is 11.1. The van der Waals surface area contributed by atoms with Crippen LogP contribution in [0, 0.1) is 0 Å². The van der Waals surface area contributed by atoms with Gasteiger partial charge in [-0.25, -0.2) is 0 Å². The zero-order chi connectivity index (χ0) is 20.4. The summed E-state index contributed by atoms with van der Waals surface area (Å²) in [6.45, 7) is 17.8. The summed E-state index contributed by atoms with van der Waals surface area (Å²) in [5, 5.41) is 1.31. The van der Waals surface area contributed by atoms with Crippen molar-refractivity contribution in [2.45, 2.75) is 78.4 Å². The zero-order valence-corrected chi connectivity index (χ0v) is 19.2. The van der Waals surface area contributed by atoms with Gasteiger partial charge in [-0.05, 0) is 53.4 Å². The van der Waals surface area contributed by atoms with Crippen LogP contribution in [0.3, 0.4) is 0 Å². The molecule has 2 aromatic rings. The van der Waals surface area contributed by atoms with E-state index >= 15 is 0 Å². The van der Waals surface area contributed by atoms with Crippen molar-refractivity contribution in [1.29, 1.82) is 0 Å². The van der Waals surface area contributed by atoms with Gasteiger partial charge in [0.2, 0.25) is 0 Å². The first-order chi connectivity index (χ1) is 12.6. The molecule has 0 radical (unpaired) electrons. The molecule has 3 nitrogen and oxygen atoms in total. The number of rotatable bonds is 7. The van der Waals surface area contributed by atoms with Crippen LogP contribution in [-0.4, -0.2) is 18.4 Å². The Morgan fingerprint density at radius 2 is 1.59 bits per heavy atom. The standard InChI is InChI=1S/C23H35NO2Si/c1-16(2)27(17(3)4,18(5)6)24-14-21(13-19(7)15-26-20(8)25)22-11-9-10-12-23(22)24/h9-12,14-18H,13H2,1-8H3/b19-15+. The van der Waals surface area contributed by atoms with Gasteiger partial charge in [-0.15, -0.1) is 0 Å². The molecule has 27 heavy (non-hydrogen) atoms. The lowest BCUT2D eigenvalue weighted by atomic mass is 10.1. The van der Waals surface area contributed by atoms with Gasteiger partial charge in [0.15, 0.2) is 8.24 Å². The van der Waals surface area contributed by atoms with Gasteiger partial charge in [-0.2, -0.15) is 0 Å². The van der Waals surface area contributed by atoms with E-state index < -0.39 is 8.24 Å². The van der Waals surface area contributed by atoms with Crippen molar-refractivity contribution >= 4 is 25.1 Å². The van der Waals surface area contributed by atoms with E-state index in [9.17, 15) is 4.79 Å². The van der Waals surface area contributed by atoms with Gasteiger partial charge < -0.3 is 8.97 Å². The quantitative estimate of drug-likeness (QED) is 0.302. The number of nitrogens with zero attached hydrogens (tertiary/aromatic N) is 1. The summed E-state index contributed by atoms with van der Waals surface area (Å²) >= 11 is 0. The summed E-state index contributed by atoms with van der Waals surface area (Å²) in [5.74, 6) is -0.275. The highest BCUT2D eigenvalue weighted by Crippen LogP contribution is 2.45. The first kappa shape index (κ1) is 21.5. The second kappa shape index (κ2) is 8.47. The molecule has 0 saturated heterocycles. The molecule has 0 aliphatic heterocycles. The number of hydrogen-bond donors (Lipinski definition) is 0. The van der Waals surface area contributed by atoms with E-state index in [1.165, 1.54) is 23.4 Å². The number of carbonyl (C=O) groups is 1. The van der Waals surface area contributed by atoms with Crippen molar-refractivity contribution in [2.24, 2.45) is 0 Å². The van der Waals surface area contributed by atoms with Crippen LogP contribution in [0.15, 0.2) is 42.3 Å². The fraction of sp³-hybridized carbons (Fsp3) is 0.522. The van der Waals surface area contributed by atoms with E-state index in [0.29, 0.717) is 16.6 Å². The maximum atomic E-state index is 11.1. The summed E-state index contributed by atoms with van der Waals surface area (Å²) in [7, 11) is -1.82. The molecule has 0 saturated carbocycles. The molecule has 1 aromatic heterocycles. The van der Waals surface area contributed by atoms with Gasteiger partial charge in [0.1, 0.15) is 0 Å². The minimum atomic E-state index is -1.82. The molecule has 0 aliphatic carbocycles. The lowest BCUT2D eigenvalue weighted by molar-refractivity contribution is -0.135. The molecule has 1 heterocycles. The van der Waals surface area contributed by atoms with Crippen molar-refractivity contribution in [2.75, 3.05) is 0 Å². The third kappa shape index (κ3) is 4.05. The Bertz CT molecular complexity index is 808. The Balaban J connectivity index is 2.65. The zero-order valence-electron chi connectivity index (χ0n) is 18.2. The number of ether oxygens (including phenoxy) is 1. The van der Waals surface area contributed by atoms with Crippen molar-refractivity contribution in [1.82, 2.24) is 4.23 Å². The van der Waals surface area contributed by atoms with E-state index in [4.69, 9.17) is 4.74 Å². The number of carbonyl (C=O) groups excluding carboxylic acids is 1. The predicted octanol–water partition coefficient (Wildman–Crippen LogP) is 6.67. The van der Waals surface area contributed by atoms with Gasteiger partial charge in [-0.1, -0.05) is 59.7 Å². The third-order valence-electron chi connectivity index (χ3n) is 5.88. The van der Waals surface area contributed by atoms with Crippen LogP contribution in [0.5, 0.6) is 0 Å². The molecule has 0 fully saturated rings. The average Bonchev–Trinajstić information content (AvgIpc) is 2.92. The molecule has 0 atom stereocenters. The maximum Gasteiger partial charge on any atom is 0.307 e. The van der Waals surface area contributed by atoms with Crippen molar-refractivity contribution in [3.63, 3.8) is 0 Å². The fourth-order valence-corrected chi connectivity index (χ4v) is 11.7. The first-order valence-electron chi connectivity index (χ1n) is 10.0. The number of esters is 1. The fourth-order valence-electron chi connectivity index (χ4n) is 5.07. The smallest absolute Gasteiger partial charge is 0.307 e. The number of benzene rings is 1. The minimum absolute atomic E-state index is 0.275. The molecule has 148 valence electrons. The van der Waals surface area contributed by atoms with Crippen LogP contribution in [0.4, 0.5) is 0 Å². The van der Waals surface area contributed by atoms with Crippen LogP contribution >= 0.6 is 0 Å². The van der Waals surface area contributed by atoms with Crippen LogP contribution in [0.2, 0.25) is 16.6 Å². The number of aromatic nitrogens is 1. The monoisotopic (exact) mass is 385 g/mol. The molecule has 2 rings (SSSR count). The van der Waals surface area contributed by atoms with Gasteiger partial charge in [0, 0.05) is 17.8 Å². The van der Waals surface area contributed by atoms with Crippen molar-refractivity contribution in [3.8, 4) is 0 Å². The third-order valence-corrected chi connectivity index (χ3v) is 12.6. The average molecular weight is 386 g/mol. The predicted molar refractivity (Wildman–Crippen MR) is 118 cm³/mol. The van der Waals surface area contributed by atoms with E-state index in [-0.39, 0.29) is 5.97 Å². The molecule has 0 unspecified atom stereocenters. The number of allylic oxidation sites excluding steroid dienone is 1. The van der Waals surface area contributed by atoms with Crippen LogP contribution < -0.4 is 0 Å². The molecule has 4 heteroatoms. The Hall–Kier alpha value is -1.81. The number of hydrogen-bond acceptors (Lipinski definition) is 2. The van der Waals surface area contributed by atoms with Crippen molar-refractivity contribution < 1.29 is 9.53 Å². The Labute approximate surface area is 165 Å². The highest BCUT2D eigenvalue weighted by Gasteiger charge is 2.45. The highest BCUT2D eigenvalue weighted by atomic mass is 28.3. The number of para-hydroxylation sites is 1. The second-order valence-corrected chi connectivity index (χ2v) is 14.4. The van der Waals surface area contributed by atoms with E-state index in [0.717, 1.165) is 12.0 Å². The van der Waals surface area contributed by atoms with Gasteiger partial charge in [0.25, 0.3) is 0 Å². The van der Waals surface area contributed by atoms with E-state index in [2.05, 4.69) is 76.2 Å². The lowest BCUT2D eigenvalue weighted by Gasteiger charge is -2.44. The van der Waals surface area contributed by atoms with E-state index in [1.54, 1.807) is 6.26 Å². The van der Waals surface area contributed by atoms with Gasteiger partial charge in [0.05, 0.1) is 6.26 Å². The SMILES string of the molecule is CC(=O)O/C=C(\C)Cc1cn([Si](C(C)C)(C(C)C)C(C)C)c2ccccc12. The Kier molecular flexibility index (Phi) is 6.74. The topological polar surface area (TPSA) is 31.2 Å². The summed E-state index contributed by atoms with van der Waals surface area (Å²) in [6.07, 6.45) is 4.77. The first-order valence-corrected chi connectivity index (χ1v) is 12.2. The molecule has 0 spiro atoms. The van der Waals surface area contributed by atoms with Crippen LogP contribution in [-0.2, 0) is 16.0 Å². The molecule has 0 amide bonds. The molecular formula is C23H35NO2Si. The molecule has 0 N–H and O–H groups in total. The summed E-state index contributed by atoms with van der Waals surface area (Å²) < 4.78 is 7.74. The molecular weight excluding hydrogens is 350 g/mol. The molecule has 0 bridgehead atoms. The number of fused-ring (bicyclic) bond motifs is 1. The summed E-state index contributed by atoms with van der Waals surface area (Å²) in [6, 6.07) is 8.74. The summed E-state index contributed by atoms with van der Waals surface area (Å²) in [5.41, 5.74) is 5.62. The van der Waals surface area contributed by atoms with Crippen LogP contribution in [0.25, 0.3) is 10.9 Å². The lowest BCUT2D eigenvalue weighted by Crippen LogP contribution is -2.51. The normalized spacial score (nSPS) is 13.2. The molecule has 1 aromatic carbocycles. The second-order valence-electron chi connectivity index (χ2n) is 8.64. The summed E-state index contributed by atoms with van der Waals surface area (Å²) in [4.78, 5) is 11.1. The van der Waals surface area contributed by atoms with Gasteiger partial charge in [-0.3, -0.25) is 4.79 Å². The largest absolute Gasteiger partial charge is 0.435 e. The highest BCUT2D eigenvalue weighted by molar-refractivity contribution is 6.82.